The minimum absolute atomic E-state index is 0.296. The van der Waals surface area contributed by atoms with Crippen molar-refractivity contribution in [2.75, 3.05) is 6.61 Å². The minimum atomic E-state index is -1.58. The highest BCUT2D eigenvalue weighted by Gasteiger charge is 2.61. The Kier molecular flexibility index (Phi) is 6.86. The molecule has 2 fully saturated rings. The number of aliphatic hydroxyl groups excluding tert-OH is 1. The van der Waals surface area contributed by atoms with Crippen LogP contribution >= 0.6 is 0 Å². The van der Waals surface area contributed by atoms with Gasteiger partial charge in [-0.2, -0.15) is 0 Å². The topological polar surface area (TPSA) is 49.7 Å². The fourth-order valence-electron chi connectivity index (χ4n) is 5.83. The van der Waals surface area contributed by atoms with Gasteiger partial charge in [0.05, 0.1) is 11.7 Å². The van der Waals surface area contributed by atoms with Gasteiger partial charge in [-0.25, -0.2) is 0 Å². The number of aliphatic hydroxyl groups is 2. The second kappa shape index (κ2) is 8.53. The summed E-state index contributed by atoms with van der Waals surface area (Å²) in [4.78, 5) is 0. The Bertz CT molecular complexity index is 553. The van der Waals surface area contributed by atoms with Crippen LogP contribution in [0, 0.1) is 23.7 Å². The van der Waals surface area contributed by atoms with E-state index in [9.17, 15) is 10.2 Å². The van der Waals surface area contributed by atoms with E-state index in [1.165, 1.54) is 32.1 Å². The first kappa shape index (κ1) is 22.5. The van der Waals surface area contributed by atoms with Gasteiger partial charge < -0.3 is 14.6 Å². The maximum atomic E-state index is 11.3. The Labute approximate surface area is 174 Å². The van der Waals surface area contributed by atoms with Crippen molar-refractivity contribution < 1.29 is 14.6 Å². The molecule has 0 amide bonds. The van der Waals surface area contributed by atoms with Gasteiger partial charge in [0.25, 0.3) is 0 Å². The van der Waals surface area contributed by atoms with Gasteiger partial charge in [0.1, 0.15) is 0 Å². The van der Waals surface area contributed by atoms with Crippen LogP contribution in [0.4, 0.5) is 0 Å². The molecule has 3 nitrogen and oxygen atoms in total. The average molecular weight is 409 g/mol. The summed E-state index contributed by atoms with van der Waals surface area (Å²) in [5.74, 6) is 1.66. The predicted molar refractivity (Wildman–Crippen MR) is 119 cm³/mol. The first-order valence-electron chi connectivity index (χ1n) is 11.8. The lowest BCUT2D eigenvalue weighted by Crippen LogP contribution is -2.40. The smallest absolute Gasteiger partial charge is 0.191 e. The third-order valence-corrected chi connectivity index (χ3v) is 13.0. The van der Waals surface area contributed by atoms with Crippen molar-refractivity contribution in [3.63, 3.8) is 0 Å². The van der Waals surface area contributed by atoms with Gasteiger partial charge in [0, 0.05) is 13.0 Å². The summed E-state index contributed by atoms with van der Waals surface area (Å²) >= 11 is 0. The lowest BCUT2D eigenvalue weighted by Gasteiger charge is -2.36. The van der Waals surface area contributed by atoms with E-state index in [2.05, 4.69) is 46.0 Å². The Balaban J connectivity index is 1.27. The van der Waals surface area contributed by atoms with E-state index in [-0.39, 0.29) is 6.10 Å². The molecule has 0 unspecified atom stereocenters. The zero-order valence-corrected chi connectivity index (χ0v) is 19.9. The Hall–Kier alpha value is -0.163. The molecule has 0 radical (unpaired) electrons. The summed E-state index contributed by atoms with van der Waals surface area (Å²) < 4.78 is 6.25. The first-order valence-corrected chi connectivity index (χ1v) is 14.7. The maximum Gasteiger partial charge on any atom is 0.191 e. The molecule has 2 bridgehead atoms. The van der Waals surface area contributed by atoms with Crippen LogP contribution in [-0.4, -0.2) is 36.8 Å². The number of unbranched alkanes of at least 4 members (excludes halogenated alkanes) is 5. The number of hydrogen-bond donors (Lipinski definition) is 2. The van der Waals surface area contributed by atoms with Gasteiger partial charge >= 0.3 is 0 Å². The molecule has 0 aliphatic heterocycles. The summed E-state index contributed by atoms with van der Waals surface area (Å²) in [7, 11) is -1.58. The molecule has 0 aromatic carbocycles. The molecule has 2 N–H and O–H groups in total. The molecule has 0 aromatic heterocycles. The molecule has 3 rings (SSSR count). The summed E-state index contributed by atoms with van der Waals surface area (Å²) in [6, 6.07) is 0. The second-order valence-electron chi connectivity index (χ2n) is 11.4. The van der Waals surface area contributed by atoms with E-state index in [1.807, 2.05) is 0 Å². The van der Waals surface area contributed by atoms with Crippen molar-refractivity contribution in [2.45, 2.75) is 108 Å². The van der Waals surface area contributed by atoms with Crippen LogP contribution in [0.25, 0.3) is 0 Å². The van der Waals surface area contributed by atoms with Gasteiger partial charge in [-0.1, -0.05) is 65.0 Å². The van der Waals surface area contributed by atoms with Crippen molar-refractivity contribution in [2.24, 2.45) is 23.7 Å². The van der Waals surface area contributed by atoms with Gasteiger partial charge in [-0.15, -0.1) is 0 Å². The van der Waals surface area contributed by atoms with Crippen molar-refractivity contribution in [1.29, 1.82) is 0 Å². The highest BCUT2D eigenvalue weighted by atomic mass is 28.4. The lowest BCUT2D eigenvalue weighted by atomic mass is 9.76. The largest absolute Gasteiger partial charge is 0.417 e. The third-order valence-electron chi connectivity index (χ3n) is 8.42. The lowest BCUT2D eigenvalue weighted by molar-refractivity contribution is -0.0258. The highest BCUT2D eigenvalue weighted by Crippen LogP contribution is 2.60. The van der Waals surface area contributed by atoms with E-state index >= 15 is 0 Å². The van der Waals surface area contributed by atoms with Gasteiger partial charge in [-0.05, 0) is 61.1 Å². The van der Waals surface area contributed by atoms with E-state index in [0.29, 0.717) is 35.1 Å². The van der Waals surface area contributed by atoms with E-state index < -0.39 is 13.9 Å². The number of fused-ring (bicyclic) bond motifs is 5. The number of hydrogen-bond acceptors (Lipinski definition) is 3. The van der Waals surface area contributed by atoms with Crippen molar-refractivity contribution >= 4 is 8.32 Å². The third kappa shape index (κ3) is 4.60. The van der Waals surface area contributed by atoms with E-state index in [0.717, 1.165) is 25.9 Å². The summed E-state index contributed by atoms with van der Waals surface area (Å²) in [6.07, 6.45) is 14.1. The molecule has 162 valence electrons. The Morgan fingerprint density at radius 2 is 1.61 bits per heavy atom. The van der Waals surface area contributed by atoms with Crippen LogP contribution in [0.2, 0.25) is 18.1 Å². The normalized spacial score (nSPS) is 37.0. The van der Waals surface area contributed by atoms with Crippen LogP contribution in [0.5, 0.6) is 0 Å². The van der Waals surface area contributed by atoms with E-state index in [4.69, 9.17) is 4.43 Å². The van der Waals surface area contributed by atoms with Gasteiger partial charge in [0.15, 0.2) is 8.32 Å². The second-order valence-corrected chi connectivity index (χ2v) is 16.2. The standard InChI is InChI=1S/C24H44O3Si/c1-23(2,3)28(4,5)27-15-11-9-7-6-8-10-14-24(26)17-20(25)21-18-12-13-19(16-18)22(21)24/h12-13,18-22,25-26H,6-11,14-17H2,1-5H3/t18-,19+,20-,21+,22+,24-/m0/s1. The number of allylic oxidation sites excluding steroid dienone is 2. The Morgan fingerprint density at radius 1 is 1.00 bits per heavy atom. The summed E-state index contributed by atoms with van der Waals surface area (Å²) in [6.45, 7) is 12.5. The van der Waals surface area contributed by atoms with Crippen molar-refractivity contribution in [3.8, 4) is 0 Å². The van der Waals surface area contributed by atoms with E-state index in [1.54, 1.807) is 0 Å². The van der Waals surface area contributed by atoms with Gasteiger partial charge in [0.2, 0.25) is 0 Å². The first-order chi connectivity index (χ1) is 13.1. The zero-order valence-electron chi connectivity index (χ0n) is 18.9. The molecule has 0 aromatic rings. The highest BCUT2D eigenvalue weighted by molar-refractivity contribution is 6.74. The predicted octanol–water partition coefficient (Wildman–Crippen LogP) is 5.67. The van der Waals surface area contributed by atoms with Crippen molar-refractivity contribution in [1.82, 2.24) is 0 Å². The molecule has 3 aliphatic rings. The summed E-state index contributed by atoms with van der Waals surface area (Å²) in [5, 5.41) is 22.0. The van der Waals surface area contributed by atoms with Crippen molar-refractivity contribution in [3.05, 3.63) is 12.2 Å². The van der Waals surface area contributed by atoms with Crippen LogP contribution < -0.4 is 0 Å². The fraction of sp³-hybridized carbons (Fsp3) is 0.917. The fourth-order valence-corrected chi connectivity index (χ4v) is 6.92. The zero-order chi connectivity index (χ0) is 20.6. The number of rotatable bonds is 10. The Morgan fingerprint density at radius 3 is 2.29 bits per heavy atom. The molecule has 4 heteroatoms. The average Bonchev–Trinajstić information content (AvgIpc) is 3.26. The molecule has 28 heavy (non-hydrogen) atoms. The molecule has 2 saturated carbocycles. The molecular formula is C24H44O3Si. The van der Waals surface area contributed by atoms with Crippen LogP contribution in [0.1, 0.15) is 78.6 Å². The van der Waals surface area contributed by atoms with Gasteiger partial charge in [-0.3, -0.25) is 0 Å². The quantitative estimate of drug-likeness (QED) is 0.278. The minimum Gasteiger partial charge on any atom is -0.417 e. The van der Waals surface area contributed by atoms with Crippen LogP contribution in [0.3, 0.4) is 0 Å². The summed E-state index contributed by atoms with van der Waals surface area (Å²) in [5.41, 5.74) is -0.620. The SMILES string of the molecule is CC(C)(C)[Si](C)(C)OCCCCCCCC[C@]1(O)C[C@H](O)[C@@H]2[C@H]1[C@@H]1C=C[C@H]2C1. The molecule has 0 spiro atoms. The molecular weight excluding hydrogens is 364 g/mol. The molecule has 0 saturated heterocycles. The monoisotopic (exact) mass is 408 g/mol. The van der Waals surface area contributed by atoms with Crippen LogP contribution in [-0.2, 0) is 4.43 Å². The molecule has 6 atom stereocenters. The molecule has 0 heterocycles. The molecule has 3 aliphatic carbocycles. The van der Waals surface area contributed by atoms with Crippen LogP contribution in [0.15, 0.2) is 12.2 Å². The maximum absolute atomic E-state index is 11.3.